The molecule has 0 heterocycles. The maximum absolute atomic E-state index is 10.8. The van der Waals surface area contributed by atoms with Crippen LogP contribution in [0.15, 0.2) is 0 Å². The van der Waals surface area contributed by atoms with Crippen molar-refractivity contribution in [1.82, 2.24) is 5.32 Å². The van der Waals surface area contributed by atoms with E-state index in [-0.39, 0.29) is 6.10 Å². The zero-order valence-corrected chi connectivity index (χ0v) is 9.25. The number of ether oxygens (including phenoxy) is 1. The van der Waals surface area contributed by atoms with Crippen molar-refractivity contribution in [2.45, 2.75) is 45.8 Å². The van der Waals surface area contributed by atoms with E-state index < -0.39 is 12.0 Å². The SMILES string of the molecule is CCCC(NCC(C)OCC)C(=O)O. The lowest BCUT2D eigenvalue weighted by atomic mass is 10.1. The Labute approximate surface area is 85.6 Å². The second kappa shape index (κ2) is 7.76. The van der Waals surface area contributed by atoms with Gasteiger partial charge in [0.15, 0.2) is 0 Å². The Morgan fingerprint density at radius 3 is 2.57 bits per heavy atom. The molecular formula is C10H21NO3. The molecule has 0 aromatic carbocycles. The summed E-state index contributed by atoms with van der Waals surface area (Å²) in [6.45, 7) is 7.08. The van der Waals surface area contributed by atoms with E-state index in [4.69, 9.17) is 9.84 Å². The van der Waals surface area contributed by atoms with Gasteiger partial charge < -0.3 is 15.2 Å². The van der Waals surface area contributed by atoms with Gasteiger partial charge >= 0.3 is 5.97 Å². The van der Waals surface area contributed by atoms with E-state index in [1.807, 2.05) is 20.8 Å². The van der Waals surface area contributed by atoms with Crippen LogP contribution in [-0.4, -0.2) is 36.4 Å². The highest BCUT2D eigenvalue weighted by atomic mass is 16.5. The molecule has 0 aliphatic heterocycles. The standard InChI is InChI=1S/C10H21NO3/c1-4-6-9(10(12)13)11-7-8(3)14-5-2/h8-9,11H,4-7H2,1-3H3,(H,12,13). The first-order valence-electron chi connectivity index (χ1n) is 5.19. The third kappa shape index (κ3) is 5.94. The molecule has 4 nitrogen and oxygen atoms in total. The normalized spacial score (nSPS) is 15.1. The summed E-state index contributed by atoms with van der Waals surface area (Å²) in [4.78, 5) is 10.8. The van der Waals surface area contributed by atoms with Crippen molar-refractivity contribution in [2.75, 3.05) is 13.2 Å². The lowest BCUT2D eigenvalue weighted by Crippen LogP contribution is -2.40. The molecule has 4 heteroatoms. The molecule has 0 saturated heterocycles. The van der Waals surface area contributed by atoms with E-state index >= 15 is 0 Å². The zero-order chi connectivity index (χ0) is 11.0. The predicted octanol–water partition coefficient (Wildman–Crippen LogP) is 1.25. The zero-order valence-electron chi connectivity index (χ0n) is 9.25. The number of carboxylic acids is 1. The van der Waals surface area contributed by atoms with Crippen LogP contribution in [-0.2, 0) is 9.53 Å². The van der Waals surface area contributed by atoms with Crippen LogP contribution >= 0.6 is 0 Å². The van der Waals surface area contributed by atoms with Gasteiger partial charge in [-0.25, -0.2) is 0 Å². The fourth-order valence-corrected chi connectivity index (χ4v) is 1.25. The van der Waals surface area contributed by atoms with Gasteiger partial charge in [0.25, 0.3) is 0 Å². The number of rotatable bonds is 8. The Morgan fingerprint density at radius 1 is 1.50 bits per heavy atom. The average Bonchev–Trinajstić information content (AvgIpc) is 2.12. The van der Waals surface area contributed by atoms with Gasteiger partial charge in [-0.3, -0.25) is 4.79 Å². The lowest BCUT2D eigenvalue weighted by molar-refractivity contribution is -0.139. The van der Waals surface area contributed by atoms with Crippen molar-refractivity contribution in [1.29, 1.82) is 0 Å². The number of aliphatic carboxylic acids is 1. The van der Waals surface area contributed by atoms with Crippen LogP contribution in [0.5, 0.6) is 0 Å². The van der Waals surface area contributed by atoms with Crippen molar-refractivity contribution in [2.24, 2.45) is 0 Å². The molecule has 0 saturated carbocycles. The molecule has 0 spiro atoms. The van der Waals surface area contributed by atoms with Crippen LogP contribution in [0.4, 0.5) is 0 Å². The highest BCUT2D eigenvalue weighted by Crippen LogP contribution is 1.98. The molecule has 0 aromatic heterocycles. The highest BCUT2D eigenvalue weighted by Gasteiger charge is 2.16. The molecule has 0 radical (unpaired) electrons. The largest absolute Gasteiger partial charge is 0.480 e. The fourth-order valence-electron chi connectivity index (χ4n) is 1.25. The van der Waals surface area contributed by atoms with Crippen molar-refractivity contribution in [3.63, 3.8) is 0 Å². The topological polar surface area (TPSA) is 58.6 Å². The molecule has 0 amide bonds. The van der Waals surface area contributed by atoms with Gasteiger partial charge in [-0.2, -0.15) is 0 Å². The van der Waals surface area contributed by atoms with Crippen LogP contribution in [0.1, 0.15) is 33.6 Å². The van der Waals surface area contributed by atoms with Gasteiger partial charge in [-0.15, -0.1) is 0 Å². The van der Waals surface area contributed by atoms with Gasteiger partial charge in [0.05, 0.1) is 6.10 Å². The van der Waals surface area contributed by atoms with Gasteiger partial charge in [0.2, 0.25) is 0 Å². The summed E-state index contributed by atoms with van der Waals surface area (Å²) >= 11 is 0. The number of carboxylic acid groups (broad SMARTS) is 1. The molecule has 0 bridgehead atoms. The maximum atomic E-state index is 10.8. The van der Waals surface area contributed by atoms with E-state index in [9.17, 15) is 4.79 Å². The van der Waals surface area contributed by atoms with E-state index in [1.165, 1.54) is 0 Å². The Bertz CT molecular complexity index is 161. The second-order valence-electron chi connectivity index (χ2n) is 3.35. The molecule has 0 aliphatic carbocycles. The summed E-state index contributed by atoms with van der Waals surface area (Å²) in [6.07, 6.45) is 1.60. The molecule has 84 valence electrons. The number of carbonyl (C=O) groups is 1. The maximum Gasteiger partial charge on any atom is 0.320 e. The van der Waals surface area contributed by atoms with Crippen LogP contribution in [0.25, 0.3) is 0 Å². The van der Waals surface area contributed by atoms with E-state index in [2.05, 4.69) is 5.32 Å². The quantitative estimate of drug-likeness (QED) is 0.623. The van der Waals surface area contributed by atoms with Crippen LogP contribution in [0.3, 0.4) is 0 Å². The third-order valence-electron chi connectivity index (χ3n) is 1.98. The molecule has 2 N–H and O–H groups in total. The van der Waals surface area contributed by atoms with Gasteiger partial charge in [-0.1, -0.05) is 13.3 Å². The van der Waals surface area contributed by atoms with Gasteiger partial charge in [-0.05, 0) is 20.3 Å². The summed E-state index contributed by atoms with van der Waals surface area (Å²) in [5, 5.41) is 11.8. The minimum absolute atomic E-state index is 0.0682. The number of hydrogen-bond acceptors (Lipinski definition) is 3. The van der Waals surface area contributed by atoms with Crippen molar-refractivity contribution < 1.29 is 14.6 Å². The summed E-state index contributed by atoms with van der Waals surface area (Å²) in [6, 6.07) is -0.442. The molecular weight excluding hydrogens is 182 g/mol. The fraction of sp³-hybridized carbons (Fsp3) is 0.900. The monoisotopic (exact) mass is 203 g/mol. The number of nitrogens with one attached hydrogen (secondary N) is 1. The lowest BCUT2D eigenvalue weighted by Gasteiger charge is -2.17. The first kappa shape index (κ1) is 13.4. The van der Waals surface area contributed by atoms with Crippen molar-refractivity contribution in [3.05, 3.63) is 0 Å². The molecule has 14 heavy (non-hydrogen) atoms. The van der Waals surface area contributed by atoms with Crippen LogP contribution < -0.4 is 5.32 Å². The average molecular weight is 203 g/mol. The van der Waals surface area contributed by atoms with E-state index in [0.717, 1.165) is 6.42 Å². The molecule has 0 rings (SSSR count). The second-order valence-corrected chi connectivity index (χ2v) is 3.35. The minimum Gasteiger partial charge on any atom is -0.480 e. The highest BCUT2D eigenvalue weighted by molar-refractivity contribution is 5.73. The molecule has 0 aromatic rings. The predicted molar refractivity (Wildman–Crippen MR) is 55.4 cm³/mol. The van der Waals surface area contributed by atoms with Crippen molar-refractivity contribution >= 4 is 5.97 Å². The Morgan fingerprint density at radius 2 is 2.14 bits per heavy atom. The first-order chi connectivity index (χ1) is 6.61. The van der Waals surface area contributed by atoms with Crippen molar-refractivity contribution in [3.8, 4) is 0 Å². The molecule has 0 fully saturated rings. The Balaban J connectivity index is 3.75. The third-order valence-corrected chi connectivity index (χ3v) is 1.98. The van der Waals surface area contributed by atoms with E-state index in [1.54, 1.807) is 0 Å². The molecule has 2 atom stereocenters. The Hall–Kier alpha value is -0.610. The molecule has 2 unspecified atom stereocenters. The van der Waals surface area contributed by atoms with Gasteiger partial charge in [0, 0.05) is 13.2 Å². The first-order valence-corrected chi connectivity index (χ1v) is 5.19. The summed E-state index contributed by atoms with van der Waals surface area (Å²) in [5.74, 6) is -0.782. The molecule has 0 aliphatic rings. The number of hydrogen-bond donors (Lipinski definition) is 2. The van der Waals surface area contributed by atoms with E-state index in [0.29, 0.717) is 19.6 Å². The summed E-state index contributed by atoms with van der Waals surface area (Å²) < 4.78 is 5.29. The summed E-state index contributed by atoms with van der Waals surface area (Å²) in [5.41, 5.74) is 0. The summed E-state index contributed by atoms with van der Waals surface area (Å²) in [7, 11) is 0. The Kier molecular flexibility index (Phi) is 7.42. The van der Waals surface area contributed by atoms with Crippen LogP contribution in [0.2, 0.25) is 0 Å². The smallest absolute Gasteiger partial charge is 0.320 e. The van der Waals surface area contributed by atoms with Gasteiger partial charge in [0.1, 0.15) is 6.04 Å². The minimum atomic E-state index is -0.782. The van der Waals surface area contributed by atoms with Crippen LogP contribution in [0, 0.1) is 0 Å².